The molecule has 0 saturated carbocycles. The first-order valence-corrected chi connectivity index (χ1v) is 11.2. The number of rotatable bonds is 5. The lowest BCUT2D eigenvalue weighted by Crippen LogP contribution is -2.46. The third kappa shape index (κ3) is 4.81. The van der Waals surface area contributed by atoms with Gasteiger partial charge >= 0.3 is 0 Å². The van der Waals surface area contributed by atoms with Crippen LogP contribution in [-0.4, -0.2) is 41.0 Å². The SMILES string of the molecule is Cc1cccc(N2CCN(Cc3nc(-c4cccc(F)c4)c(-c4cccc(F)c4)[nH]3)CC2)c1. The average Bonchev–Trinajstić information content (AvgIpc) is 3.23. The first-order valence-electron chi connectivity index (χ1n) is 11.2. The number of halogens is 2. The van der Waals surface area contributed by atoms with Crippen LogP contribution in [0, 0.1) is 18.6 Å². The van der Waals surface area contributed by atoms with Gasteiger partial charge in [0.1, 0.15) is 17.5 Å². The van der Waals surface area contributed by atoms with Gasteiger partial charge in [0.15, 0.2) is 0 Å². The minimum absolute atomic E-state index is 0.318. The zero-order chi connectivity index (χ0) is 22.8. The van der Waals surface area contributed by atoms with Crippen molar-refractivity contribution in [3.8, 4) is 22.5 Å². The van der Waals surface area contributed by atoms with Crippen molar-refractivity contribution in [2.75, 3.05) is 31.1 Å². The summed E-state index contributed by atoms with van der Waals surface area (Å²) < 4.78 is 27.8. The fourth-order valence-electron chi connectivity index (χ4n) is 4.40. The summed E-state index contributed by atoms with van der Waals surface area (Å²) in [5.74, 6) is 0.146. The summed E-state index contributed by atoms with van der Waals surface area (Å²) in [6.45, 7) is 6.48. The van der Waals surface area contributed by atoms with Crippen molar-refractivity contribution in [1.82, 2.24) is 14.9 Å². The van der Waals surface area contributed by atoms with Crippen LogP contribution in [0.25, 0.3) is 22.5 Å². The largest absolute Gasteiger partial charge is 0.369 e. The number of aromatic amines is 1. The van der Waals surface area contributed by atoms with Gasteiger partial charge in [0, 0.05) is 43.0 Å². The maximum absolute atomic E-state index is 13.9. The minimum atomic E-state index is -0.325. The second-order valence-electron chi connectivity index (χ2n) is 8.53. The molecule has 2 heterocycles. The van der Waals surface area contributed by atoms with Crippen LogP contribution >= 0.6 is 0 Å². The Morgan fingerprint density at radius 1 is 0.818 bits per heavy atom. The van der Waals surface area contributed by atoms with E-state index in [0.717, 1.165) is 32.0 Å². The fourth-order valence-corrected chi connectivity index (χ4v) is 4.40. The molecule has 0 spiro atoms. The summed E-state index contributed by atoms with van der Waals surface area (Å²) in [6.07, 6.45) is 0. The molecule has 0 aliphatic carbocycles. The Balaban J connectivity index is 1.37. The van der Waals surface area contributed by atoms with Crippen LogP contribution in [0.3, 0.4) is 0 Å². The van der Waals surface area contributed by atoms with Gasteiger partial charge in [-0.2, -0.15) is 0 Å². The molecule has 1 aromatic heterocycles. The second-order valence-corrected chi connectivity index (χ2v) is 8.53. The predicted molar refractivity (Wildman–Crippen MR) is 128 cm³/mol. The van der Waals surface area contributed by atoms with E-state index >= 15 is 0 Å². The van der Waals surface area contributed by atoms with Gasteiger partial charge in [0.25, 0.3) is 0 Å². The monoisotopic (exact) mass is 444 g/mol. The zero-order valence-electron chi connectivity index (χ0n) is 18.6. The highest BCUT2D eigenvalue weighted by molar-refractivity contribution is 5.78. The second kappa shape index (κ2) is 9.16. The number of nitrogens with zero attached hydrogens (tertiary/aromatic N) is 3. The van der Waals surface area contributed by atoms with E-state index in [4.69, 9.17) is 4.98 Å². The Morgan fingerprint density at radius 2 is 1.48 bits per heavy atom. The molecule has 0 bridgehead atoms. The van der Waals surface area contributed by atoms with Gasteiger partial charge < -0.3 is 9.88 Å². The topological polar surface area (TPSA) is 35.2 Å². The molecule has 33 heavy (non-hydrogen) atoms. The number of benzene rings is 3. The Morgan fingerprint density at radius 3 is 2.18 bits per heavy atom. The van der Waals surface area contributed by atoms with Crippen LogP contribution in [0.15, 0.2) is 72.8 Å². The van der Waals surface area contributed by atoms with Gasteiger partial charge in [0.05, 0.1) is 17.9 Å². The smallest absolute Gasteiger partial charge is 0.123 e. The molecule has 6 heteroatoms. The maximum Gasteiger partial charge on any atom is 0.123 e. The number of piperazine rings is 1. The van der Waals surface area contributed by atoms with Crippen molar-refractivity contribution < 1.29 is 8.78 Å². The van der Waals surface area contributed by atoms with E-state index in [1.807, 2.05) is 12.1 Å². The Bertz CT molecular complexity index is 1200. The number of hydrogen-bond acceptors (Lipinski definition) is 3. The van der Waals surface area contributed by atoms with Crippen LogP contribution in [-0.2, 0) is 6.54 Å². The predicted octanol–water partition coefficient (Wildman–Crippen LogP) is 5.65. The number of aromatic nitrogens is 2. The van der Waals surface area contributed by atoms with E-state index in [9.17, 15) is 8.78 Å². The zero-order valence-corrected chi connectivity index (χ0v) is 18.6. The number of nitrogens with one attached hydrogen (secondary N) is 1. The number of aryl methyl sites for hydroxylation is 1. The van der Waals surface area contributed by atoms with E-state index < -0.39 is 0 Å². The lowest BCUT2D eigenvalue weighted by Gasteiger charge is -2.35. The van der Waals surface area contributed by atoms with E-state index in [1.54, 1.807) is 12.1 Å². The van der Waals surface area contributed by atoms with Crippen molar-refractivity contribution in [3.05, 3.63) is 95.8 Å². The molecular weight excluding hydrogens is 418 g/mol. The highest BCUT2D eigenvalue weighted by Gasteiger charge is 2.21. The molecule has 5 rings (SSSR count). The molecule has 1 aliphatic rings. The summed E-state index contributed by atoms with van der Waals surface area (Å²) >= 11 is 0. The molecule has 4 aromatic rings. The standard InChI is InChI=1S/C27H26F2N4/c1-19-5-2-10-24(15-19)33-13-11-32(12-14-33)18-25-30-26(20-6-3-8-22(28)16-20)27(31-25)21-7-4-9-23(29)17-21/h2-10,15-17H,11-14,18H2,1H3,(H,30,31). The lowest BCUT2D eigenvalue weighted by molar-refractivity contribution is 0.245. The van der Waals surface area contributed by atoms with Gasteiger partial charge in [0.2, 0.25) is 0 Å². The molecule has 0 radical (unpaired) electrons. The quantitative estimate of drug-likeness (QED) is 0.432. The molecule has 168 valence electrons. The van der Waals surface area contributed by atoms with Crippen LogP contribution in [0.4, 0.5) is 14.5 Å². The van der Waals surface area contributed by atoms with Gasteiger partial charge in [-0.15, -0.1) is 0 Å². The summed E-state index contributed by atoms with van der Waals surface area (Å²) in [4.78, 5) is 13.0. The van der Waals surface area contributed by atoms with E-state index in [0.29, 0.717) is 29.1 Å². The van der Waals surface area contributed by atoms with Crippen LogP contribution < -0.4 is 4.90 Å². The fraction of sp³-hybridized carbons (Fsp3) is 0.222. The summed E-state index contributed by atoms with van der Waals surface area (Å²) in [5, 5.41) is 0. The Labute approximate surface area is 192 Å². The van der Waals surface area contributed by atoms with E-state index in [2.05, 4.69) is 46.0 Å². The molecule has 1 N–H and O–H groups in total. The van der Waals surface area contributed by atoms with E-state index in [-0.39, 0.29) is 11.6 Å². The summed E-state index contributed by atoms with van der Waals surface area (Å²) in [7, 11) is 0. The van der Waals surface area contributed by atoms with Gasteiger partial charge in [-0.25, -0.2) is 13.8 Å². The van der Waals surface area contributed by atoms with E-state index in [1.165, 1.54) is 35.5 Å². The van der Waals surface area contributed by atoms with Crippen LogP contribution in [0.1, 0.15) is 11.4 Å². The third-order valence-electron chi connectivity index (χ3n) is 6.08. The molecule has 1 fully saturated rings. The highest BCUT2D eigenvalue weighted by Crippen LogP contribution is 2.31. The number of anilines is 1. The molecule has 3 aromatic carbocycles. The first-order chi connectivity index (χ1) is 16.0. The van der Waals surface area contributed by atoms with Crippen LogP contribution in [0.2, 0.25) is 0 Å². The molecule has 0 unspecified atom stereocenters. The first kappa shape index (κ1) is 21.3. The lowest BCUT2D eigenvalue weighted by atomic mass is 10.0. The molecule has 1 aliphatic heterocycles. The summed E-state index contributed by atoms with van der Waals surface area (Å²) in [5.41, 5.74) is 5.22. The van der Waals surface area contributed by atoms with Gasteiger partial charge in [-0.3, -0.25) is 4.90 Å². The maximum atomic E-state index is 13.9. The highest BCUT2D eigenvalue weighted by atomic mass is 19.1. The van der Waals surface area contributed by atoms with Crippen molar-refractivity contribution >= 4 is 5.69 Å². The minimum Gasteiger partial charge on any atom is -0.369 e. The number of H-pyrrole nitrogens is 1. The number of hydrogen-bond donors (Lipinski definition) is 1. The molecular formula is C27H26F2N4. The van der Waals surface area contributed by atoms with Gasteiger partial charge in [-0.05, 0) is 48.9 Å². The van der Waals surface area contributed by atoms with Crippen LogP contribution in [0.5, 0.6) is 0 Å². The van der Waals surface area contributed by atoms with Gasteiger partial charge in [-0.1, -0.05) is 36.4 Å². The third-order valence-corrected chi connectivity index (χ3v) is 6.08. The molecule has 4 nitrogen and oxygen atoms in total. The van der Waals surface area contributed by atoms with Crippen molar-refractivity contribution in [1.29, 1.82) is 0 Å². The van der Waals surface area contributed by atoms with Crippen molar-refractivity contribution in [2.24, 2.45) is 0 Å². The molecule has 0 amide bonds. The molecule has 1 saturated heterocycles. The van der Waals surface area contributed by atoms with Crippen molar-refractivity contribution in [2.45, 2.75) is 13.5 Å². The Kier molecular flexibility index (Phi) is 5.92. The van der Waals surface area contributed by atoms with Crippen molar-refractivity contribution in [3.63, 3.8) is 0 Å². The molecule has 0 atom stereocenters. The Hall–Kier alpha value is -3.51. The summed E-state index contributed by atoms with van der Waals surface area (Å²) in [6, 6.07) is 21.3. The normalized spacial score (nSPS) is 14.6. The average molecular weight is 445 g/mol. The number of imidazole rings is 1.